The van der Waals surface area contributed by atoms with Crippen LogP contribution in [0.2, 0.25) is 0 Å². The maximum absolute atomic E-state index is 9.31. The van der Waals surface area contributed by atoms with Crippen LogP contribution in [0.5, 0.6) is 11.5 Å². The SMILES string of the molecule is [2H]c1c([2H])c([2H])c2c(c1[2H])[N+](c1[c-]c(Oc3[c-]c4c(cc3)c3ncccc3n4-c3cc(C(C)(C)C)ccn3)cc(C(C)(C)C)c1)=C=[N+]2c1c(C(C)(C)C)cccc1C(C)(C)C.[Pt+2]. The Morgan fingerprint density at radius 2 is 1.31 bits per heavy atom. The van der Waals surface area contributed by atoms with Gasteiger partial charge in [-0.1, -0.05) is 141 Å². The molecule has 0 saturated heterocycles. The Bertz CT molecular complexity index is 2990. The van der Waals surface area contributed by atoms with Gasteiger partial charge < -0.3 is 9.30 Å². The average Bonchev–Trinajstić information content (AvgIpc) is 3.74. The molecule has 0 fully saturated rings. The number of ether oxygens (including phenoxy) is 1. The molecule has 0 radical (unpaired) electrons. The van der Waals surface area contributed by atoms with Gasteiger partial charge in [0.15, 0.2) is 0 Å². The normalized spacial score (nSPS) is 14.3. The molecule has 6 nitrogen and oxygen atoms in total. The molecule has 0 N–H and O–H groups in total. The summed E-state index contributed by atoms with van der Waals surface area (Å²) in [6, 6.07) is 31.9. The van der Waals surface area contributed by atoms with Crippen LogP contribution in [-0.4, -0.2) is 20.5 Å². The van der Waals surface area contributed by atoms with E-state index in [1.807, 2.05) is 47.2 Å². The van der Waals surface area contributed by atoms with Crippen molar-refractivity contribution in [3.63, 3.8) is 0 Å². The van der Waals surface area contributed by atoms with Gasteiger partial charge in [0.1, 0.15) is 11.5 Å². The number of pyridine rings is 2. The topological polar surface area (TPSA) is 46.0 Å². The molecule has 0 bridgehead atoms. The van der Waals surface area contributed by atoms with Crippen LogP contribution < -0.4 is 13.9 Å². The molecule has 7 heteroatoms. The molecular weight excluding hydrogens is 894 g/mol. The van der Waals surface area contributed by atoms with E-state index in [0.717, 1.165) is 55.7 Å². The number of hydrogen-bond donors (Lipinski definition) is 0. The Hall–Kier alpha value is -5.15. The summed E-state index contributed by atoms with van der Waals surface area (Å²) >= 11 is 0. The summed E-state index contributed by atoms with van der Waals surface area (Å²) in [4.78, 5) is 9.57. The van der Waals surface area contributed by atoms with Crippen LogP contribution in [0.25, 0.3) is 27.8 Å². The van der Waals surface area contributed by atoms with Crippen LogP contribution in [-0.2, 0) is 42.7 Å². The van der Waals surface area contributed by atoms with Crippen molar-refractivity contribution in [1.29, 1.82) is 0 Å². The minimum atomic E-state index is -0.339. The second-order valence-electron chi connectivity index (χ2n) is 19.1. The van der Waals surface area contributed by atoms with Crippen molar-refractivity contribution >= 4 is 50.7 Å². The number of rotatable bonds is 5. The Morgan fingerprint density at radius 1 is 0.655 bits per heavy atom. The van der Waals surface area contributed by atoms with Gasteiger partial charge in [-0.05, 0) is 56.1 Å². The van der Waals surface area contributed by atoms with Crippen LogP contribution in [0.4, 0.5) is 22.7 Å². The Labute approximate surface area is 363 Å². The van der Waals surface area contributed by atoms with E-state index in [1.54, 1.807) is 10.8 Å². The van der Waals surface area contributed by atoms with Crippen molar-refractivity contribution in [2.75, 3.05) is 0 Å². The molecular formula is C51H53N5OPt+2. The van der Waals surface area contributed by atoms with Crippen LogP contribution in [0.1, 0.15) is 111 Å². The molecule has 3 aromatic heterocycles. The van der Waals surface area contributed by atoms with Crippen molar-refractivity contribution in [2.24, 2.45) is 0 Å². The molecule has 0 unspecified atom stereocenters. The molecule has 0 aliphatic carbocycles. The molecule has 0 atom stereocenters. The monoisotopic (exact) mass is 950 g/mol. The summed E-state index contributed by atoms with van der Waals surface area (Å²) in [5.41, 5.74) is 7.61. The van der Waals surface area contributed by atoms with Crippen molar-refractivity contribution in [3.8, 4) is 17.3 Å². The van der Waals surface area contributed by atoms with E-state index in [0.29, 0.717) is 22.9 Å². The van der Waals surface area contributed by atoms with Gasteiger partial charge in [-0.3, -0.25) is 4.98 Å². The van der Waals surface area contributed by atoms with Gasteiger partial charge in [-0.15, -0.1) is 23.8 Å². The zero-order valence-corrected chi connectivity index (χ0v) is 37.7. The number of aromatic nitrogens is 3. The van der Waals surface area contributed by atoms with Crippen LogP contribution in [0, 0.1) is 12.1 Å². The fraction of sp³-hybridized carbons (Fsp3) is 0.314. The van der Waals surface area contributed by atoms with Crippen molar-refractivity contribution in [3.05, 3.63) is 138 Å². The molecule has 0 amide bonds. The third kappa shape index (κ3) is 7.49. The second-order valence-corrected chi connectivity index (χ2v) is 19.1. The molecule has 4 aromatic carbocycles. The maximum Gasteiger partial charge on any atom is 2.00 e. The first-order valence-electron chi connectivity index (χ1n) is 21.6. The standard InChI is InChI=1S/C51H53N5O.Pt/c1-48(2,3)33-24-26-52-45(29-33)56-43-21-16-25-53-46(43)38-23-22-36(31-44(38)56)57-37-28-34(49(4,5)6)27-35(30-37)54-32-55(42-20-14-13-19-41(42)54)47-39(50(7,8)9)17-15-18-40(47)51(10,11)12;/h13-29H,1-12H3;/q;+2/i13D,14D,19D,20D;. The smallest absolute Gasteiger partial charge is 0.509 e. The fourth-order valence-electron chi connectivity index (χ4n) is 7.45. The van der Waals surface area contributed by atoms with Gasteiger partial charge in [0.2, 0.25) is 5.69 Å². The van der Waals surface area contributed by atoms with Crippen LogP contribution >= 0.6 is 0 Å². The molecule has 8 rings (SSSR count). The molecule has 0 spiro atoms. The van der Waals surface area contributed by atoms with E-state index < -0.39 is 0 Å². The third-order valence-corrected chi connectivity index (χ3v) is 10.6. The maximum atomic E-state index is 9.31. The molecule has 58 heavy (non-hydrogen) atoms. The van der Waals surface area contributed by atoms with Crippen molar-refractivity contribution in [1.82, 2.24) is 23.7 Å². The Morgan fingerprint density at radius 3 is 1.95 bits per heavy atom. The Kier molecular flexibility index (Phi) is 9.05. The number of nitrogens with zero attached hydrogens (tertiary/aromatic N) is 5. The van der Waals surface area contributed by atoms with Crippen LogP contribution in [0.15, 0.2) is 103 Å². The van der Waals surface area contributed by atoms with Gasteiger partial charge in [0.25, 0.3) is 11.4 Å². The molecule has 296 valence electrons. The quantitative estimate of drug-likeness (QED) is 0.128. The molecule has 4 heterocycles. The van der Waals surface area contributed by atoms with Crippen molar-refractivity contribution in [2.45, 2.75) is 105 Å². The number of benzene rings is 4. The van der Waals surface area contributed by atoms with Gasteiger partial charge in [-0.25, -0.2) is 4.98 Å². The van der Waals surface area contributed by atoms with Crippen LogP contribution in [0.3, 0.4) is 0 Å². The summed E-state index contributed by atoms with van der Waals surface area (Å²) in [5.74, 6) is 1.64. The van der Waals surface area contributed by atoms with Gasteiger partial charge in [0.05, 0.1) is 11.0 Å². The van der Waals surface area contributed by atoms with E-state index in [1.165, 1.54) is 0 Å². The molecule has 1 aliphatic heterocycles. The van der Waals surface area contributed by atoms with Gasteiger partial charge >= 0.3 is 27.1 Å². The largest absolute Gasteiger partial charge is 2.00 e. The molecule has 0 saturated carbocycles. The minimum absolute atomic E-state index is 0. The zero-order valence-electron chi connectivity index (χ0n) is 39.5. The number of hydrogen-bond acceptors (Lipinski definition) is 3. The molecule has 1 aliphatic rings. The average molecular weight is 951 g/mol. The summed E-state index contributed by atoms with van der Waals surface area (Å²) in [6.45, 7) is 25.8. The summed E-state index contributed by atoms with van der Waals surface area (Å²) < 4.78 is 48.6. The number of fused-ring (bicyclic) bond motifs is 4. The van der Waals surface area contributed by atoms with E-state index in [2.05, 4.69) is 136 Å². The first kappa shape index (κ1) is 36.0. The summed E-state index contributed by atoms with van der Waals surface area (Å²) in [6.07, 6.45) is 3.64. The van der Waals surface area contributed by atoms with Crippen molar-refractivity contribution < 1.29 is 31.3 Å². The number of para-hydroxylation sites is 3. The van der Waals surface area contributed by atoms with Gasteiger partial charge in [-0.2, -0.15) is 6.07 Å². The summed E-state index contributed by atoms with van der Waals surface area (Å²) in [7, 11) is 0. The zero-order chi connectivity index (χ0) is 44.1. The van der Waals surface area contributed by atoms with E-state index in [-0.39, 0.29) is 72.6 Å². The fourth-order valence-corrected chi connectivity index (χ4v) is 7.45. The summed E-state index contributed by atoms with van der Waals surface area (Å²) in [5, 5.41) is 0.913. The first-order valence-corrected chi connectivity index (χ1v) is 19.6. The van der Waals surface area contributed by atoms with Gasteiger partial charge in [0, 0.05) is 52.6 Å². The third-order valence-electron chi connectivity index (χ3n) is 10.6. The minimum Gasteiger partial charge on any atom is -0.509 e. The predicted molar refractivity (Wildman–Crippen MR) is 236 cm³/mol. The second kappa shape index (κ2) is 14.6. The Balaban J connectivity index is 0.00000578. The molecule has 7 aromatic rings. The first-order chi connectivity index (χ1) is 28.4. The predicted octanol–water partition coefficient (Wildman–Crippen LogP) is 13.0. The van der Waals surface area contributed by atoms with E-state index >= 15 is 0 Å². The van der Waals surface area contributed by atoms with E-state index in [9.17, 15) is 2.74 Å². The van der Waals surface area contributed by atoms with E-state index in [4.69, 9.17) is 17.4 Å².